The van der Waals surface area contributed by atoms with Gasteiger partial charge in [-0.05, 0) is 50.7 Å². The van der Waals surface area contributed by atoms with Crippen LogP contribution in [0.2, 0.25) is 0 Å². The standard InChI is InChI=1S/C16H26N2OS/c1-3-7-16(8-10-17-11-9-16)15(19)18(4-2)13-14-6-5-12-20-14/h5-6,12,17H,3-4,7-11,13H2,1-2H3. The molecule has 4 heteroatoms. The summed E-state index contributed by atoms with van der Waals surface area (Å²) in [5.41, 5.74) is -0.118. The molecule has 1 aliphatic rings. The zero-order valence-corrected chi connectivity index (χ0v) is 13.5. The maximum Gasteiger partial charge on any atom is 0.229 e. The third kappa shape index (κ3) is 3.41. The van der Waals surface area contributed by atoms with Gasteiger partial charge in [0.1, 0.15) is 0 Å². The van der Waals surface area contributed by atoms with E-state index in [1.54, 1.807) is 11.3 Å². The van der Waals surface area contributed by atoms with Crippen molar-refractivity contribution >= 4 is 17.2 Å². The molecule has 2 heterocycles. The Kier molecular flexibility index (Phi) is 5.61. The van der Waals surface area contributed by atoms with Crippen molar-refractivity contribution < 1.29 is 4.79 Å². The van der Waals surface area contributed by atoms with Crippen LogP contribution in [-0.2, 0) is 11.3 Å². The van der Waals surface area contributed by atoms with E-state index in [1.165, 1.54) is 4.88 Å². The van der Waals surface area contributed by atoms with E-state index in [9.17, 15) is 4.79 Å². The molecule has 2 rings (SSSR count). The lowest BCUT2D eigenvalue weighted by atomic mass is 9.74. The second-order valence-corrected chi connectivity index (χ2v) is 6.71. The molecule has 3 nitrogen and oxygen atoms in total. The Labute approximate surface area is 126 Å². The maximum absolute atomic E-state index is 13.1. The van der Waals surface area contributed by atoms with Crippen molar-refractivity contribution in [2.75, 3.05) is 19.6 Å². The van der Waals surface area contributed by atoms with Gasteiger partial charge in [-0.25, -0.2) is 0 Å². The van der Waals surface area contributed by atoms with Crippen molar-refractivity contribution in [2.24, 2.45) is 5.41 Å². The van der Waals surface area contributed by atoms with E-state index in [0.717, 1.165) is 51.9 Å². The van der Waals surface area contributed by atoms with Crippen molar-refractivity contribution in [2.45, 2.75) is 46.1 Å². The lowest BCUT2D eigenvalue weighted by Crippen LogP contribution is -2.49. The Morgan fingerprint density at radius 2 is 2.15 bits per heavy atom. The Bertz CT molecular complexity index is 405. The molecule has 0 aliphatic carbocycles. The average molecular weight is 294 g/mol. The Morgan fingerprint density at radius 3 is 2.70 bits per heavy atom. The highest BCUT2D eigenvalue weighted by Crippen LogP contribution is 2.36. The van der Waals surface area contributed by atoms with Gasteiger partial charge in [0.15, 0.2) is 0 Å². The number of amides is 1. The molecule has 1 saturated heterocycles. The van der Waals surface area contributed by atoms with Crippen molar-refractivity contribution in [3.8, 4) is 0 Å². The normalized spacial score (nSPS) is 17.9. The minimum atomic E-state index is -0.118. The molecule has 1 fully saturated rings. The van der Waals surface area contributed by atoms with Crippen LogP contribution < -0.4 is 5.32 Å². The lowest BCUT2D eigenvalue weighted by molar-refractivity contribution is -0.144. The highest BCUT2D eigenvalue weighted by molar-refractivity contribution is 7.09. The topological polar surface area (TPSA) is 32.3 Å². The molecule has 1 aromatic rings. The monoisotopic (exact) mass is 294 g/mol. The number of piperidine rings is 1. The second-order valence-electron chi connectivity index (χ2n) is 5.68. The SMILES string of the molecule is CCCC1(C(=O)N(CC)Cc2cccs2)CCNCC1. The summed E-state index contributed by atoms with van der Waals surface area (Å²) in [6.45, 7) is 7.80. The molecule has 0 saturated carbocycles. The van der Waals surface area contributed by atoms with Gasteiger partial charge in [0, 0.05) is 11.4 Å². The fourth-order valence-electron chi connectivity index (χ4n) is 3.21. The minimum absolute atomic E-state index is 0.118. The van der Waals surface area contributed by atoms with E-state index in [1.807, 2.05) is 4.90 Å². The van der Waals surface area contributed by atoms with Crippen molar-refractivity contribution in [3.05, 3.63) is 22.4 Å². The van der Waals surface area contributed by atoms with Crippen molar-refractivity contribution in [1.29, 1.82) is 0 Å². The fraction of sp³-hybridized carbons (Fsp3) is 0.688. The summed E-state index contributed by atoms with van der Waals surface area (Å²) in [5.74, 6) is 0.372. The number of thiophene rings is 1. The third-order valence-corrected chi connectivity index (χ3v) is 5.20. The first kappa shape index (κ1) is 15.5. The van der Waals surface area contributed by atoms with Crippen LogP contribution in [0, 0.1) is 5.41 Å². The molecule has 112 valence electrons. The fourth-order valence-corrected chi connectivity index (χ4v) is 3.93. The first-order chi connectivity index (χ1) is 9.72. The van der Waals surface area contributed by atoms with E-state index in [0.29, 0.717) is 5.91 Å². The highest BCUT2D eigenvalue weighted by atomic mass is 32.1. The molecule has 0 unspecified atom stereocenters. The van der Waals surface area contributed by atoms with Gasteiger partial charge in [0.2, 0.25) is 5.91 Å². The molecular weight excluding hydrogens is 268 g/mol. The van der Waals surface area contributed by atoms with Crippen LogP contribution >= 0.6 is 11.3 Å². The number of rotatable bonds is 6. The molecule has 0 radical (unpaired) electrons. The van der Waals surface area contributed by atoms with Crippen LogP contribution in [0.1, 0.15) is 44.4 Å². The Hall–Kier alpha value is -0.870. The van der Waals surface area contributed by atoms with Gasteiger partial charge in [-0.2, -0.15) is 0 Å². The summed E-state index contributed by atoms with van der Waals surface area (Å²) in [5, 5.41) is 5.47. The van der Waals surface area contributed by atoms with Gasteiger partial charge in [0.05, 0.1) is 12.0 Å². The number of carbonyl (C=O) groups excluding carboxylic acids is 1. The molecular formula is C16H26N2OS. The number of nitrogens with one attached hydrogen (secondary N) is 1. The predicted molar refractivity (Wildman–Crippen MR) is 84.9 cm³/mol. The summed E-state index contributed by atoms with van der Waals surface area (Å²) in [6, 6.07) is 4.18. The summed E-state index contributed by atoms with van der Waals surface area (Å²) in [6.07, 6.45) is 4.08. The average Bonchev–Trinajstić information content (AvgIpc) is 2.98. The summed E-state index contributed by atoms with van der Waals surface area (Å²) < 4.78 is 0. The van der Waals surface area contributed by atoms with Crippen LogP contribution in [0.3, 0.4) is 0 Å². The van der Waals surface area contributed by atoms with E-state index < -0.39 is 0 Å². The van der Waals surface area contributed by atoms with Crippen LogP contribution in [0.15, 0.2) is 17.5 Å². The molecule has 1 amide bonds. The zero-order valence-electron chi connectivity index (χ0n) is 12.7. The van der Waals surface area contributed by atoms with E-state index >= 15 is 0 Å². The minimum Gasteiger partial charge on any atom is -0.337 e. The van der Waals surface area contributed by atoms with Crippen LogP contribution in [-0.4, -0.2) is 30.4 Å². The number of carbonyl (C=O) groups is 1. The summed E-state index contributed by atoms with van der Waals surface area (Å²) >= 11 is 1.74. The number of hydrogen-bond donors (Lipinski definition) is 1. The molecule has 0 atom stereocenters. The van der Waals surface area contributed by atoms with Crippen LogP contribution in [0.5, 0.6) is 0 Å². The highest BCUT2D eigenvalue weighted by Gasteiger charge is 2.40. The molecule has 1 aliphatic heterocycles. The number of nitrogens with zero attached hydrogens (tertiary/aromatic N) is 1. The Morgan fingerprint density at radius 1 is 1.40 bits per heavy atom. The van der Waals surface area contributed by atoms with Gasteiger partial charge in [0.25, 0.3) is 0 Å². The Balaban J connectivity index is 2.11. The molecule has 0 spiro atoms. The summed E-state index contributed by atoms with van der Waals surface area (Å²) in [4.78, 5) is 16.4. The molecule has 0 aromatic carbocycles. The molecule has 1 N–H and O–H groups in total. The quantitative estimate of drug-likeness (QED) is 0.873. The largest absolute Gasteiger partial charge is 0.337 e. The number of hydrogen-bond acceptors (Lipinski definition) is 3. The van der Waals surface area contributed by atoms with E-state index in [4.69, 9.17) is 0 Å². The van der Waals surface area contributed by atoms with Gasteiger partial charge < -0.3 is 10.2 Å². The van der Waals surface area contributed by atoms with Gasteiger partial charge in [-0.1, -0.05) is 19.4 Å². The molecule has 20 heavy (non-hydrogen) atoms. The smallest absolute Gasteiger partial charge is 0.229 e. The van der Waals surface area contributed by atoms with Gasteiger partial charge >= 0.3 is 0 Å². The van der Waals surface area contributed by atoms with E-state index in [-0.39, 0.29) is 5.41 Å². The predicted octanol–water partition coefficient (Wildman–Crippen LogP) is 3.27. The van der Waals surface area contributed by atoms with Crippen molar-refractivity contribution in [3.63, 3.8) is 0 Å². The van der Waals surface area contributed by atoms with Gasteiger partial charge in [-0.3, -0.25) is 4.79 Å². The van der Waals surface area contributed by atoms with Crippen molar-refractivity contribution in [1.82, 2.24) is 10.2 Å². The first-order valence-corrected chi connectivity index (χ1v) is 8.62. The third-order valence-electron chi connectivity index (χ3n) is 4.34. The van der Waals surface area contributed by atoms with Crippen LogP contribution in [0.4, 0.5) is 0 Å². The maximum atomic E-state index is 13.1. The molecule has 0 bridgehead atoms. The second kappa shape index (κ2) is 7.23. The zero-order chi connectivity index (χ0) is 14.4. The lowest BCUT2D eigenvalue weighted by Gasteiger charge is -2.39. The van der Waals surface area contributed by atoms with Crippen LogP contribution in [0.25, 0.3) is 0 Å². The summed E-state index contributed by atoms with van der Waals surface area (Å²) in [7, 11) is 0. The molecule has 1 aromatic heterocycles. The van der Waals surface area contributed by atoms with E-state index in [2.05, 4.69) is 36.7 Å². The first-order valence-electron chi connectivity index (χ1n) is 7.74. The van der Waals surface area contributed by atoms with Gasteiger partial charge in [-0.15, -0.1) is 11.3 Å².